The molecule has 1 aliphatic heterocycles. The van der Waals surface area contributed by atoms with Gasteiger partial charge in [-0.1, -0.05) is 6.07 Å². The van der Waals surface area contributed by atoms with Crippen molar-refractivity contribution in [2.24, 2.45) is 0 Å². The van der Waals surface area contributed by atoms with Crippen LogP contribution in [0.5, 0.6) is 0 Å². The van der Waals surface area contributed by atoms with Gasteiger partial charge in [-0.05, 0) is 37.1 Å². The van der Waals surface area contributed by atoms with Gasteiger partial charge in [0, 0.05) is 18.0 Å². The van der Waals surface area contributed by atoms with Crippen LogP contribution in [0.3, 0.4) is 0 Å². The third kappa shape index (κ3) is 2.24. The summed E-state index contributed by atoms with van der Waals surface area (Å²) in [5.74, 6) is 2.04. The maximum absolute atomic E-state index is 4.50. The van der Waals surface area contributed by atoms with E-state index in [4.69, 9.17) is 0 Å². The number of aryl methyl sites for hydroxylation is 1. The van der Waals surface area contributed by atoms with E-state index in [0.717, 1.165) is 29.0 Å². The van der Waals surface area contributed by atoms with Crippen LogP contribution in [0.2, 0.25) is 0 Å². The van der Waals surface area contributed by atoms with Crippen molar-refractivity contribution in [2.45, 2.75) is 25.0 Å². The molecule has 0 aromatic carbocycles. The maximum atomic E-state index is 4.50. The van der Waals surface area contributed by atoms with Crippen LogP contribution >= 0.6 is 11.8 Å². The normalized spacial score (nSPS) is 19.9. The first-order valence-corrected chi connectivity index (χ1v) is 7.05. The molecule has 0 radical (unpaired) electrons. The number of nitrogens with zero attached hydrogens (tertiary/aromatic N) is 3. The van der Waals surface area contributed by atoms with Crippen molar-refractivity contribution >= 4 is 23.4 Å². The summed E-state index contributed by atoms with van der Waals surface area (Å²) in [6.45, 7) is 3.03. The predicted octanol–water partition coefficient (Wildman–Crippen LogP) is 2.35. The topological polar surface area (TPSA) is 42.2 Å². The van der Waals surface area contributed by atoms with Gasteiger partial charge in [-0.25, -0.2) is 4.52 Å². The van der Waals surface area contributed by atoms with Crippen molar-refractivity contribution in [1.29, 1.82) is 0 Å². The molecule has 0 saturated carbocycles. The average molecular weight is 248 g/mol. The highest BCUT2D eigenvalue weighted by molar-refractivity contribution is 8.00. The number of fused-ring (bicyclic) bond motifs is 1. The molecule has 0 bridgehead atoms. The van der Waals surface area contributed by atoms with Crippen LogP contribution < -0.4 is 5.32 Å². The van der Waals surface area contributed by atoms with E-state index in [1.54, 1.807) is 0 Å². The third-order valence-electron chi connectivity index (χ3n) is 3.07. The fourth-order valence-electron chi connectivity index (χ4n) is 2.12. The van der Waals surface area contributed by atoms with Crippen molar-refractivity contribution in [2.75, 3.05) is 17.6 Å². The molecule has 17 heavy (non-hydrogen) atoms. The lowest BCUT2D eigenvalue weighted by atomic mass is 10.2. The number of anilines is 1. The number of nitrogens with one attached hydrogen (secondary N) is 1. The van der Waals surface area contributed by atoms with Crippen LogP contribution in [-0.4, -0.2) is 32.1 Å². The summed E-state index contributed by atoms with van der Waals surface area (Å²) in [4.78, 5) is 4.50. The quantitative estimate of drug-likeness (QED) is 0.905. The first-order chi connectivity index (χ1) is 8.33. The summed E-state index contributed by atoms with van der Waals surface area (Å²) in [6, 6.07) is 4.05. The highest BCUT2D eigenvalue weighted by Crippen LogP contribution is 2.26. The molecule has 3 heterocycles. The lowest BCUT2D eigenvalue weighted by molar-refractivity contribution is 0.799. The predicted molar refractivity (Wildman–Crippen MR) is 71.7 cm³/mol. The SMILES string of the molecule is Cc1cccn2nc(NCC3CCCS3)nc12. The molecule has 1 saturated heterocycles. The largest absolute Gasteiger partial charge is 0.352 e. The monoisotopic (exact) mass is 248 g/mol. The van der Waals surface area contributed by atoms with Gasteiger partial charge in [0.2, 0.25) is 5.95 Å². The van der Waals surface area contributed by atoms with E-state index in [1.165, 1.54) is 18.6 Å². The summed E-state index contributed by atoms with van der Waals surface area (Å²) in [7, 11) is 0. The van der Waals surface area contributed by atoms with Crippen LogP contribution in [0.15, 0.2) is 18.3 Å². The fraction of sp³-hybridized carbons (Fsp3) is 0.500. The van der Waals surface area contributed by atoms with Crippen molar-refractivity contribution in [3.63, 3.8) is 0 Å². The van der Waals surface area contributed by atoms with Gasteiger partial charge in [0.1, 0.15) is 0 Å². The lowest BCUT2D eigenvalue weighted by Gasteiger charge is -2.07. The summed E-state index contributed by atoms with van der Waals surface area (Å²) >= 11 is 2.05. The van der Waals surface area contributed by atoms with Gasteiger partial charge in [0.05, 0.1) is 0 Å². The molecule has 2 aromatic rings. The summed E-state index contributed by atoms with van der Waals surface area (Å²) < 4.78 is 1.83. The number of aromatic nitrogens is 3. The molecule has 5 heteroatoms. The molecule has 0 spiro atoms. The lowest BCUT2D eigenvalue weighted by Crippen LogP contribution is -2.14. The van der Waals surface area contributed by atoms with Crippen molar-refractivity contribution in [1.82, 2.24) is 14.6 Å². The Morgan fingerprint density at radius 1 is 1.59 bits per heavy atom. The third-order valence-corrected chi connectivity index (χ3v) is 4.47. The van der Waals surface area contributed by atoms with Gasteiger partial charge < -0.3 is 5.32 Å². The standard InChI is InChI=1S/C12H16N4S/c1-9-4-2-6-16-11(9)14-12(15-16)13-8-10-5-3-7-17-10/h2,4,6,10H,3,5,7-8H2,1H3,(H,13,15). The zero-order chi connectivity index (χ0) is 11.7. The van der Waals surface area contributed by atoms with E-state index >= 15 is 0 Å². The minimum absolute atomic E-state index is 0.725. The Kier molecular flexibility index (Phi) is 2.93. The van der Waals surface area contributed by atoms with Gasteiger partial charge in [-0.15, -0.1) is 5.10 Å². The van der Waals surface area contributed by atoms with Crippen molar-refractivity contribution < 1.29 is 0 Å². The second-order valence-electron chi connectivity index (χ2n) is 4.41. The zero-order valence-electron chi connectivity index (χ0n) is 9.89. The van der Waals surface area contributed by atoms with Gasteiger partial charge in [0.15, 0.2) is 5.65 Å². The molecular formula is C12H16N4S. The molecule has 0 aliphatic carbocycles. The number of hydrogen-bond donors (Lipinski definition) is 1. The molecule has 1 unspecified atom stereocenters. The molecule has 1 aliphatic rings. The smallest absolute Gasteiger partial charge is 0.243 e. The van der Waals surface area contributed by atoms with Crippen LogP contribution in [0.25, 0.3) is 5.65 Å². The highest BCUT2D eigenvalue weighted by atomic mass is 32.2. The summed E-state index contributed by atoms with van der Waals surface area (Å²) in [5, 5.41) is 8.48. The van der Waals surface area contributed by atoms with E-state index in [2.05, 4.69) is 28.4 Å². The first kappa shape index (κ1) is 10.9. The van der Waals surface area contributed by atoms with Crippen molar-refractivity contribution in [3.8, 4) is 0 Å². The van der Waals surface area contributed by atoms with Gasteiger partial charge in [-0.2, -0.15) is 16.7 Å². The van der Waals surface area contributed by atoms with Gasteiger partial charge in [-0.3, -0.25) is 0 Å². The summed E-state index contributed by atoms with van der Waals surface area (Å²) in [5.41, 5.74) is 2.09. The molecule has 1 N–H and O–H groups in total. The molecular weight excluding hydrogens is 232 g/mol. The van der Waals surface area contributed by atoms with E-state index in [1.807, 2.05) is 28.5 Å². The van der Waals surface area contributed by atoms with E-state index in [-0.39, 0.29) is 0 Å². The Morgan fingerprint density at radius 2 is 2.53 bits per heavy atom. The summed E-state index contributed by atoms with van der Waals surface area (Å²) in [6.07, 6.45) is 4.59. The molecule has 90 valence electrons. The maximum Gasteiger partial charge on any atom is 0.243 e. The molecule has 2 aromatic heterocycles. The molecule has 3 rings (SSSR count). The average Bonchev–Trinajstić information content (AvgIpc) is 2.95. The number of pyridine rings is 1. The second-order valence-corrected chi connectivity index (χ2v) is 5.82. The molecule has 4 nitrogen and oxygen atoms in total. The number of thioether (sulfide) groups is 1. The van der Waals surface area contributed by atoms with Crippen LogP contribution in [-0.2, 0) is 0 Å². The minimum atomic E-state index is 0.725. The first-order valence-electron chi connectivity index (χ1n) is 6.00. The van der Waals surface area contributed by atoms with E-state index < -0.39 is 0 Å². The van der Waals surface area contributed by atoms with Gasteiger partial charge in [0.25, 0.3) is 0 Å². The van der Waals surface area contributed by atoms with Crippen LogP contribution in [0.1, 0.15) is 18.4 Å². The Morgan fingerprint density at radius 3 is 3.29 bits per heavy atom. The minimum Gasteiger partial charge on any atom is -0.352 e. The zero-order valence-corrected chi connectivity index (χ0v) is 10.7. The Labute approximate surface area is 105 Å². The van der Waals surface area contributed by atoms with Gasteiger partial charge >= 0.3 is 0 Å². The highest BCUT2D eigenvalue weighted by Gasteiger charge is 2.15. The Hall–Kier alpha value is -1.23. The Balaban J connectivity index is 1.74. The van der Waals surface area contributed by atoms with Crippen LogP contribution in [0.4, 0.5) is 5.95 Å². The molecule has 0 amide bonds. The van der Waals surface area contributed by atoms with Crippen molar-refractivity contribution in [3.05, 3.63) is 23.9 Å². The second kappa shape index (κ2) is 4.56. The molecule has 1 atom stereocenters. The molecule has 1 fully saturated rings. The van der Waals surface area contributed by atoms with E-state index in [9.17, 15) is 0 Å². The Bertz CT molecular complexity index is 516. The number of rotatable bonds is 3. The van der Waals surface area contributed by atoms with E-state index in [0.29, 0.717) is 0 Å². The fourth-order valence-corrected chi connectivity index (χ4v) is 3.33. The number of hydrogen-bond acceptors (Lipinski definition) is 4. The van der Waals surface area contributed by atoms with Crippen LogP contribution in [0, 0.1) is 6.92 Å².